The quantitative estimate of drug-likeness (QED) is 0.359. The van der Waals surface area contributed by atoms with Crippen molar-refractivity contribution in [3.8, 4) is 10.6 Å². The van der Waals surface area contributed by atoms with Gasteiger partial charge >= 0.3 is 6.18 Å². The molecule has 5 heterocycles. The number of piperazine rings is 1. The first kappa shape index (κ1) is 27.5. The van der Waals surface area contributed by atoms with Crippen LogP contribution >= 0.6 is 23.1 Å². The Morgan fingerprint density at radius 2 is 2.00 bits per heavy atom. The second-order valence-electron chi connectivity index (χ2n) is 11.3. The van der Waals surface area contributed by atoms with E-state index < -0.39 is 11.7 Å². The van der Waals surface area contributed by atoms with Crippen molar-refractivity contribution in [3.63, 3.8) is 0 Å². The van der Waals surface area contributed by atoms with Crippen LogP contribution in [0.25, 0.3) is 10.6 Å². The van der Waals surface area contributed by atoms with Gasteiger partial charge in [0.2, 0.25) is 5.95 Å². The highest BCUT2D eigenvalue weighted by Gasteiger charge is 2.37. The van der Waals surface area contributed by atoms with Gasteiger partial charge in [-0.3, -0.25) is 4.90 Å². The lowest BCUT2D eigenvalue weighted by atomic mass is 10.1. The predicted octanol–water partition coefficient (Wildman–Crippen LogP) is 5.95. The van der Waals surface area contributed by atoms with E-state index in [0.29, 0.717) is 22.9 Å². The number of rotatable bonds is 6. The minimum Gasteiger partial charge on any atom is -0.378 e. The summed E-state index contributed by atoms with van der Waals surface area (Å²) in [4.78, 5) is 16.1. The molecule has 3 aliphatic heterocycles. The maximum atomic E-state index is 14.2. The smallest absolute Gasteiger partial charge is 0.378 e. The Kier molecular flexibility index (Phi) is 7.39. The first-order valence-electron chi connectivity index (χ1n) is 14.2. The number of nitrogens with one attached hydrogen (secondary N) is 2. The van der Waals surface area contributed by atoms with Gasteiger partial charge in [0.1, 0.15) is 5.56 Å². The van der Waals surface area contributed by atoms with Crippen molar-refractivity contribution in [2.45, 2.75) is 55.4 Å². The number of hydrogen-bond acceptors (Lipinski definition) is 9. The number of anilines is 3. The second kappa shape index (κ2) is 11.0. The molecule has 2 N–H and O–H groups in total. The highest BCUT2D eigenvalue weighted by molar-refractivity contribution is 7.99. The van der Waals surface area contributed by atoms with E-state index in [0.717, 1.165) is 86.2 Å². The van der Waals surface area contributed by atoms with Crippen LogP contribution in [0.15, 0.2) is 35.4 Å². The van der Waals surface area contributed by atoms with Gasteiger partial charge < -0.3 is 20.3 Å². The van der Waals surface area contributed by atoms with Crippen LogP contribution in [0.4, 0.5) is 30.5 Å². The Morgan fingerprint density at radius 3 is 2.73 bits per heavy atom. The van der Waals surface area contributed by atoms with Crippen molar-refractivity contribution in [2.75, 3.05) is 55.4 Å². The van der Waals surface area contributed by atoms with Crippen LogP contribution in [0, 0.1) is 0 Å². The number of alkyl halides is 3. The number of thioether (sulfide) groups is 1. The second-order valence-corrected chi connectivity index (χ2v) is 13.6. The summed E-state index contributed by atoms with van der Waals surface area (Å²) < 4.78 is 47.8. The lowest BCUT2D eigenvalue weighted by Gasteiger charge is -2.36. The molecule has 4 aliphatic rings. The van der Waals surface area contributed by atoms with Crippen molar-refractivity contribution in [1.29, 1.82) is 0 Å². The number of nitrogens with zero attached hydrogens (tertiary/aromatic N) is 4. The zero-order valence-corrected chi connectivity index (χ0v) is 24.5. The maximum Gasteiger partial charge on any atom is 0.420 e. The van der Waals surface area contributed by atoms with Crippen molar-refractivity contribution >= 4 is 40.4 Å². The van der Waals surface area contributed by atoms with Gasteiger partial charge in [-0.25, -0.2) is 9.97 Å². The molecule has 1 aliphatic carbocycles. The van der Waals surface area contributed by atoms with E-state index in [2.05, 4.69) is 49.5 Å². The van der Waals surface area contributed by atoms with Gasteiger partial charge in [-0.1, -0.05) is 0 Å². The molecule has 2 saturated heterocycles. The third-order valence-electron chi connectivity index (χ3n) is 8.25. The molecular formula is C29H33F3N6OS2. The van der Waals surface area contributed by atoms with Gasteiger partial charge in [-0.15, -0.1) is 23.1 Å². The van der Waals surface area contributed by atoms with Crippen molar-refractivity contribution in [2.24, 2.45) is 0 Å². The fraction of sp³-hybridized carbons (Fsp3) is 0.517. The van der Waals surface area contributed by atoms with Crippen molar-refractivity contribution < 1.29 is 17.9 Å². The molecule has 0 amide bonds. The minimum atomic E-state index is -4.56. The molecule has 3 aromatic rings. The van der Waals surface area contributed by atoms with Crippen LogP contribution in [-0.2, 0) is 17.5 Å². The average molecular weight is 603 g/mol. The fourth-order valence-electron chi connectivity index (χ4n) is 5.76. The minimum absolute atomic E-state index is 0.0633. The van der Waals surface area contributed by atoms with E-state index in [9.17, 15) is 13.2 Å². The molecule has 218 valence electrons. The molecule has 1 saturated carbocycles. The third-order valence-corrected chi connectivity index (χ3v) is 10.6. The Labute approximate surface area is 245 Å². The average Bonchev–Trinajstić information content (AvgIpc) is 3.71. The number of aromatic nitrogens is 2. The zero-order valence-electron chi connectivity index (χ0n) is 22.8. The molecular weight excluding hydrogens is 569 g/mol. The van der Waals surface area contributed by atoms with E-state index in [-0.39, 0.29) is 11.6 Å². The fourth-order valence-corrected chi connectivity index (χ4v) is 8.19. The summed E-state index contributed by atoms with van der Waals surface area (Å²) >= 11 is 3.11. The zero-order chi connectivity index (χ0) is 28.1. The van der Waals surface area contributed by atoms with E-state index in [1.807, 2.05) is 12.1 Å². The molecule has 1 unspecified atom stereocenters. The predicted molar refractivity (Wildman–Crippen MR) is 157 cm³/mol. The van der Waals surface area contributed by atoms with Crippen LogP contribution in [0.1, 0.15) is 41.7 Å². The Hall–Kier alpha value is -2.38. The van der Waals surface area contributed by atoms with E-state index in [4.69, 9.17) is 4.74 Å². The molecule has 7 rings (SSSR count). The molecule has 12 heteroatoms. The first-order chi connectivity index (χ1) is 19.8. The van der Waals surface area contributed by atoms with Crippen LogP contribution in [0.3, 0.4) is 0 Å². The van der Waals surface area contributed by atoms with Gasteiger partial charge in [0.05, 0.1) is 29.8 Å². The van der Waals surface area contributed by atoms with Crippen LogP contribution < -0.4 is 15.5 Å². The van der Waals surface area contributed by atoms with E-state index in [1.165, 1.54) is 22.6 Å². The molecule has 0 radical (unpaired) electrons. The highest BCUT2D eigenvalue weighted by atomic mass is 32.2. The number of hydrogen-bond donors (Lipinski definition) is 2. The summed E-state index contributed by atoms with van der Waals surface area (Å²) in [6.07, 6.45) is -1.41. The standard InChI is InChI=1S/C29H33F3N6OS2/c1-17-13-37(7-6-33-17)19-4-5-23(21(10-19)18-2-3-18)35-28-34-12-22(29(30,31)32)27(36-28)25-11-24-26(41-25)14-38(8-9-40-24)20-15-39-16-20/h4-5,10-12,17-18,20,33H,2-3,6-9,13-16H2,1H3,(H,34,35,36). The van der Waals surface area contributed by atoms with Crippen LogP contribution in [0.2, 0.25) is 0 Å². The number of halogens is 3. The number of benzene rings is 1. The largest absolute Gasteiger partial charge is 0.420 e. The Bertz CT molecular complexity index is 1420. The molecule has 41 heavy (non-hydrogen) atoms. The van der Waals surface area contributed by atoms with Crippen LogP contribution in [-0.4, -0.2) is 72.1 Å². The van der Waals surface area contributed by atoms with Gasteiger partial charge in [0, 0.05) is 71.9 Å². The summed E-state index contributed by atoms with van der Waals surface area (Å²) in [5.74, 6) is 1.53. The number of fused-ring (bicyclic) bond motifs is 1. The van der Waals surface area contributed by atoms with E-state index in [1.54, 1.807) is 11.8 Å². The number of ether oxygens (including phenoxy) is 1. The monoisotopic (exact) mass is 602 g/mol. The van der Waals surface area contributed by atoms with Gasteiger partial charge in [0.25, 0.3) is 0 Å². The molecule has 1 aromatic carbocycles. The third kappa shape index (κ3) is 5.81. The molecule has 1 atom stereocenters. The van der Waals surface area contributed by atoms with E-state index >= 15 is 0 Å². The summed E-state index contributed by atoms with van der Waals surface area (Å²) in [6.45, 7) is 8.12. The Balaban J connectivity index is 1.19. The highest BCUT2D eigenvalue weighted by Crippen LogP contribution is 2.46. The van der Waals surface area contributed by atoms with Crippen LogP contribution in [0.5, 0.6) is 0 Å². The summed E-state index contributed by atoms with van der Waals surface area (Å²) in [6, 6.07) is 9.03. The molecule has 2 aromatic heterocycles. The lowest BCUT2D eigenvalue weighted by molar-refractivity contribution is -0.137. The van der Waals surface area contributed by atoms with Gasteiger partial charge in [0.15, 0.2) is 0 Å². The lowest BCUT2D eigenvalue weighted by Crippen LogP contribution is -2.49. The van der Waals surface area contributed by atoms with Crippen molar-refractivity contribution in [3.05, 3.63) is 46.5 Å². The Morgan fingerprint density at radius 1 is 1.15 bits per heavy atom. The summed E-state index contributed by atoms with van der Waals surface area (Å²) in [7, 11) is 0. The first-order valence-corrected chi connectivity index (χ1v) is 16.0. The SMILES string of the molecule is CC1CN(c2ccc(Nc3ncc(C(F)(F)F)c(-c4cc5c(s4)CN(C4COC4)CCS5)n3)c(C3CC3)c2)CCN1. The van der Waals surface area contributed by atoms with Gasteiger partial charge in [-0.05, 0) is 55.5 Å². The maximum absolute atomic E-state index is 14.2. The number of thiophene rings is 1. The summed E-state index contributed by atoms with van der Waals surface area (Å²) in [5, 5.41) is 6.77. The van der Waals surface area contributed by atoms with Gasteiger partial charge in [-0.2, -0.15) is 13.2 Å². The molecule has 0 bridgehead atoms. The molecule has 7 nitrogen and oxygen atoms in total. The molecule has 0 spiro atoms. The topological polar surface area (TPSA) is 65.5 Å². The molecule has 3 fully saturated rings. The van der Waals surface area contributed by atoms with Crippen molar-refractivity contribution in [1.82, 2.24) is 20.2 Å². The normalized spacial score (nSPS) is 22.2. The summed E-state index contributed by atoms with van der Waals surface area (Å²) in [5.41, 5.74) is 2.35.